The summed E-state index contributed by atoms with van der Waals surface area (Å²) in [5, 5.41) is 7.67. The summed E-state index contributed by atoms with van der Waals surface area (Å²) >= 11 is 24.9. The van der Waals surface area contributed by atoms with Gasteiger partial charge in [-0.2, -0.15) is 4.31 Å². The van der Waals surface area contributed by atoms with E-state index in [4.69, 9.17) is 51.1 Å². The lowest BCUT2D eigenvalue weighted by Gasteiger charge is -2.39. The van der Waals surface area contributed by atoms with Crippen molar-refractivity contribution in [3.05, 3.63) is 123 Å². The van der Waals surface area contributed by atoms with Crippen LogP contribution in [0.15, 0.2) is 97.6 Å². The van der Waals surface area contributed by atoms with Crippen LogP contribution in [0.2, 0.25) is 20.1 Å². The van der Waals surface area contributed by atoms with Gasteiger partial charge in [0.25, 0.3) is 0 Å². The number of likely N-dealkylation sites (tertiary alicyclic amines) is 1. The van der Waals surface area contributed by atoms with Gasteiger partial charge in [0.05, 0.1) is 37.7 Å². The zero-order chi connectivity index (χ0) is 58.8. The molecule has 1 aliphatic carbocycles. The molecule has 15 rings (SSSR count). The molecular formula is C60H69Cl4N11O7S2. The second-order valence-electron chi connectivity index (χ2n) is 23.4. The molecule has 4 aromatic heterocycles. The van der Waals surface area contributed by atoms with Crippen molar-refractivity contribution in [1.29, 1.82) is 0 Å². The highest BCUT2D eigenvalue weighted by atomic mass is 35.5. The molecule has 446 valence electrons. The molecule has 84 heavy (non-hydrogen) atoms. The first-order valence-electron chi connectivity index (χ1n) is 28.6. The molecule has 4 bridgehead atoms. The molecule has 1 saturated carbocycles. The molecule has 4 unspecified atom stereocenters. The van der Waals surface area contributed by atoms with Gasteiger partial charge in [0.15, 0.2) is 0 Å². The summed E-state index contributed by atoms with van der Waals surface area (Å²) in [5.74, 6) is 0.951. The van der Waals surface area contributed by atoms with Gasteiger partial charge < -0.3 is 49.2 Å². The number of benzene rings is 4. The Morgan fingerprint density at radius 2 is 1.02 bits per heavy atom. The number of sulfonamides is 2. The van der Waals surface area contributed by atoms with Crippen molar-refractivity contribution >= 4 is 139 Å². The number of nitrogens with one attached hydrogen (secondary N) is 5. The fourth-order valence-electron chi connectivity index (χ4n) is 13.9. The van der Waals surface area contributed by atoms with Crippen molar-refractivity contribution < 1.29 is 31.2 Å². The highest BCUT2D eigenvalue weighted by molar-refractivity contribution is 7.88. The fourth-order valence-corrected chi connectivity index (χ4v) is 16.7. The molecule has 24 heteroatoms. The molecule has 6 aliphatic heterocycles. The van der Waals surface area contributed by atoms with E-state index in [0.29, 0.717) is 42.8 Å². The molecule has 8 aromatic rings. The van der Waals surface area contributed by atoms with Gasteiger partial charge in [-0.05, 0) is 123 Å². The van der Waals surface area contributed by atoms with Crippen molar-refractivity contribution in [1.82, 2.24) is 38.8 Å². The number of piperazine rings is 3. The fraction of sp³-hybridized carbons (Fsp3) is 0.433. The summed E-state index contributed by atoms with van der Waals surface area (Å²) in [6, 6.07) is 25.3. The first-order chi connectivity index (χ1) is 40.2. The summed E-state index contributed by atoms with van der Waals surface area (Å²) in [4.78, 5) is 47.6. The zero-order valence-electron chi connectivity index (χ0n) is 47.0. The molecule has 10 heterocycles. The standard InChI is InChI=1S/C16H18ClN3O2.C15H16ClN3O.C15H19ClN2O2S.C14H16ClN3O2S/c17-12-7-14-13(1-2-18-14)15(8-12)19-3-5-20(6-4-19)16(21)11-9-22-10-11;1-9(20)18-7-12-6-11(18)8-19(12)15-5-10(16)4-14-13(15)2-3-17-14;1-21(19,20)18-12-4-2-10(3-5-12)14-8-11(16)9-15-13(14)6-7-17-15;1-21(19,20)18-8-10-6-11(18)7-17(10)14-5-9(15)4-13-12(14)2-3-16-13/h1-2,7-8,11,18H,3-6,9-10H2;2-5,11-12,17H,6-8H2,1H3;6-10,12,17-18H,2-5H2,1H3;2-5,10-11,16H,6-8H2,1H3. The maximum Gasteiger partial charge on any atom is 0.230 e. The van der Waals surface area contributed by atoms with Crippen LogP contribution >= 0.6 is 46.4 Å². The normalized spacial score (nSPS) is 23.4. The third-order valence-corrected chi connectivity index (χ3v) is 20.8. The highest BCUT2D eigenvalue weighted by Crippen LogP contribution is 2.43. The Balaban J connectivity index is 0.000000110. The average Bonchev–Trinajstić information content (AvgIpc) is 3.18. The van der Waals surface area contributed by atoms with E-state index in [1.165, 1.54) is 39.9 Å². The largest absolute Gasteiger partial charge is 0.380 e. The minimum atomic E-state index is -3.11. The van der Waals surface area contributed by atoms with Gasteiger partial charge in [-0.25, -0.2) is 21.6 Å². The maximum absolute atomic E-state index is 12.3. The number of amides is 2. The first-order valence-corrected chi connectivity index (χ1v) is 33.9. The molecule has 0 radical (unpaired) electrons. The number of rotatable bonds is 8. The molecule has 6 saturated heterocycles. The molecule has 0 spiro atoms. The van der Waals surface area contributed by atoms with Crippen molar-refractivity contribution in [3.63, 3.8) is 0 Å². The Labute approximate surface area is 509 Å². The van der Waals surface area contributed by atoms with Crippen molar-refractivity contribution in [3.8, 4) is 0 Å². The molecule has 4 atom stereocenters. The predicted molar refractivity (Wildman–Crippen MR) is 337 cm³/mol. The number of H-pyrrole nitrogens is 4. The second kappa shape index (κ2) is 23.9. The van der Waals surface area contributed by atoms with E-state index in [1.807, 2.05) is 89.2 Å². The predicted octanol–water partition coefficient (Wildman–Crippen LogP) is 10.2. The number of carbonyl (C=O) groups excluding carboxylic acids is 2. The van der Waals surface area contributed by atoms with E-state index in [2.05, 4.69) is 57.6 Å². The number of hydrogen-bond acceptors (Lipinski definition) is 10. The van der Waals surface area contributed by atoms with Gasteiger partial charge in [-0.15, -0.1) is 0 Å². The van der Waals surface area contributed by atoms with Gasteiger partial charge in [0.2, 0.25) is 31.9 Å². The summed E-state index contributed by atoms with van der Waals surface area (Å²) in [6.45, 7) is 9.05. The van der Waals surface area contributed by atoms with Crippen molar-refractivity contribution in [2.75, 3.05) is 92.8 Å². The van der Waals surface area contributed by atoms with Gasteiger partial charge in [0.1, 0.15) is 0 Å². The number of fused-ring (bicyclic) bond motifs is 8. The Hall–Kier alpha value is -5.68. The van der Waals surface area contributed by atoms with E-state index in [9.17, 15) is 26.4 Å². The third kappa shape index (κ3) is 12.3. The lowest BCUT2D eigenvalue weighted by atomic mass is 9.81. The number of hydrogen-bond donors (Lipinski definition) is 5. The molecular weight excluding hydrogens is 1190 g/mol. The summed E-state index contributed by atoms with van der Waals surface area (Å²) in [7, 11) is -6.22. The topological polar surface area (TPSA) is 206 Å². The quantitative estimate of drug-likeness (QED) is 0.0973. The number of carbonyl (C=O) groups is 2. The second-order valence-corrected chi connectivity index (χ2v) is 28.9. The molecule has 5 N–H and O–H groups in total. The molecule has 2 amide bonds. The van der Waals surface area contributed by atoms with Crippen LogP contribution < -0.4 is 19.4 Å². The summed E-state index contributed by atoms with van der Waals surface area (Å²) in [6.07, 6.45) is 15.9. The van der Waals surface area contributed by atoms with E-state index in [1.54, 1.807) is 11.2 Å². The van der Waals surface area contributed by atoms with Crippen LogP contribution in [0.25, 0.3) is 43.6 Å². The van der Waals surface area contributed by atoms with Crippen LogP contribution in [-0.4, -0.2) is 171 Å². The Bertz CT molecular complexity index is 3980. The Kier molecular flexibility index (Phi) is 16.7. The highest BCUT2D eigenvalue weighted by Gasteiger charge is 2.48. The molecule has 18 nitrogen and oxygen atoms in total. The van der Waals surface area contributed by atoms with Gasteiger partial charge in [0, 0.05) is 189 Å². The van der Waals surface area contributed by atoms with Crippen molar-refractivity contribution in [2.45, 2.75) is 81.6 Å². The summed E-state index contributed by atoms with van der Waals surface area (Å²) in [5.41, 5.74) is 8.89. The Morgan fingerprint density at radius 3 is 1.48 bits per heavy atom. The third-order valence-electron chi connectivity index (χ3n) is 17.8. The SMILES string of the molecule is CC(=O)N1CC2CC1CN2c1cc(Cl)cc2[nH]ccc12.CS(=O)(=O)N1CC2CC1CN2c1cc(Cl)cc2[nH]ccc12.CS(=O)(=O)NC1CCC(c2cc(Cl)cc3[nH]ccc23)CC1.O=C(C1COC1)N1CCN(c2cc(Cl)cc3[nH]ccc23)CC1. The van der Waals surface area contributed by atoms with Crippen LogP contribution in [0.3, 0.4) is 0 Å². The average molecular weight is 1260 g/mol. The Morgan fingerprint density at radius 1 is 0.560 bits per heavy atom. The number of nitrogens with zero attached hydrogens (tertiary/aromatic N) is 6. The minimum Gasteiger partial charge on any atom is -0.380 e. The number of aromatic amines is 4. The summed E-state index contributed by atoms with van der Waals surface area (Å²) < 4.78 is 55.6. The minimum absolute atomic E-state index is 0.0668. The van der Waals surface area contributed by atoms with Crippen molar-refractivity contribution in [2.24, 2.45) is 5.92 Å². The van der Waals surface area contributed by atoms with Gasteiger partial charge >= 0.3 is 0 Å². The lowest BCUT2D eigenvalue weighted by molar-refractivity contribution is -0.150. The van der Waals surface area contributed by atoms with E-state index in [0.717, 1.165) is 138 Å². The van der Waals surface area contributed by atoms with E-state index >= 15 is 0 Å². The molecule has 7 aliphatic rings. The van der Waals surface area contributed by atoms with Crippen LogP contribution in [-0.2, 0) is 34.4 Å². The first kappa shape index (κ1) is 58.7. The van der Waals surface area contributed by atoms with Gasteiger partial charge in [-0.3, -0.25) is 9.59 Å². The molecule has 4 aromatic carbocycles. The maximum atomic E-state index is 12.3. The van der Waals surface area contributed by atoms with Crippen LogP contribution in [0.1, 0.15) is 56.9 Å². The molecule has 7 fully saturated rings. The van der Waals surface area contributed by atoms with Crippen LogP contribution in [0, 0.1) is 5.92 Å². The monoisotopic (exact) mass is 1260 g/mol. The number of anilines is 3. The number of ether oxygens (including phenoxy) is 1. The van der Waals surface area contributed by atoms with Crippen LogP contribution in [0.4, 0.5) is 17.1 Å². The van der Waals surface area contributed by atoms with E-state index in [-0.39, 0.29) is 35.9 Å². The number of aromatic nitrogens is 4. The van der Waals surface area contributed by atoms with E-state index < -0.39 is 20.0 Å². The van der Waals surface area contributed by atoms with Gasteiger partial charge in [-0.1, -0.05) is 46.4 Å². The number of halogens is 4. The lowest BCUT2D eigenvalue weighted by Crippen LogP contribution is -2.53. The zero-order valence-corrected chi connectivity index (χ0v) is 51.6. The smallest absolute Gasteiger partial charge is 0.230 e. The van der Waals surface area contributed by atoms with Crippen LogP contribution in [0.5, 0.6) is 0 Å².